The van der Waals surface area contributed by atoms with Gasteiger partial charge in [0.15, 0.2) is 0 Å². The predicted molar refractivity (Wildman–Crippen MR) is 152 cm³/mol. The molecule has 4 heterocycles. The van der Waals surface area contributed by atoms with E-state index in [4.69, 9.17) is 4.98 Å². The highest BCUT2D eigenvalue weighted by Gasteiger charge is 2.38. The molecule has 7 nitrogen and oxygen atoms in total. The number of likely N-dealkylation sites (tertiary alicyclic amines) is 1. The van der Waals surface area contributed by atoms with Gasteiger partial charge in [-0.1, -0.05) is 30.3 Å². The number of hydrogen-bond donors (Lipinski definition) is 2. The van der Waals surface area contributed by atoms with Gasteiger partial charge < -0.3 is 15.5 Å². The SMILES string of the molecule is CC1(C)CC(Nc2nccc(-c3ccc(C(=O)N4CCC(=O)CC4Cc4ccccc4)s3)n2)CC(C)(C)N1. The zero-order valence-electron chi connectivity index (χ0n) is 22.7. The highest BCUT2D eigenvalue weighted by atomic mass is 32.1. The van der Waals surface area contributed by atoms with E-state index in [1.807, 2.05) is 41.3 Å². The van der Waals surface area contributed by atoms with E-state index in [9.17, 15) is 9.59 Å². The molecule has 1 aromatic carbocycles. The fourth-order valence-corrected chi connectivity index (χ4v) is 7.08. The molecule has 0 spiro atoms. The number of benzene rings is 1. The van der Waals surface area contributed by atoms with Gasteiger partial charge in [-0.2, -0.15) is 0 Å². The van der Waals surface area contributed by atoms with Crippen LogP contribution in [0.25, 0.3) is 10.6 Å². The minimum absolute atomic E-state index is 0.0127. The van der Waals surface area contributed by atoms with Crippen LogP contribution in [0, 0.1) is 0 Å². The van der Waals surface area contributed by atoms with Crippen molar-refractivity contribution in [1.29, 1.82) is 0 Å². The van der Waals surface area contributed by atoms with Gasteiger partial charge in [0, 0.05) is 48.7 Å². The summed E-state index contributed by atoms with van der Waals surface area (Å²) in [6.07, 6.45) is 5.23. The van der Waals surface area contributed by atoms with Crippen LogP contribution in [-0.4, -0.2) is 56.3 Å². The molecule has 2 saturated heterocycles. The lowest BCUT2D eigenvalue weighted by Gasteiger charge is -2.46. The molecule has 2 aromatic heterocycles. The number of anilines is 1. The Kier molecular flexibility index (Phi) is 7.38. The molecule has 2 fully saturated rings. The Hall–Kier alpha value is -3.10. The number of thiophene rings is 1. The number of aromatic nitrogens is 2. The highest BCUT2D eigenvalue weighted by Crippen LogP contribution is 2.32. The van der Waals surface area contributed by atoms with Crippen molar-refractivity contribution in [1.82, 2.24) is 20.2 Å². The largest absolute Gasteiger partial charge is 0.351 e. The van der Waals surface area contributed by atoms with Gasteiger partial charge in [0.05, 0.1) is 15.4 Å². The maximum atomic E-state index is 13.6. The van der Waals surface area contributed by atoms with E-state index in [-0.39, 0.29) is 34.9 Å². The molecule has 0 radical (unpaired) electrons. The van der Waals surface area contributed by atoms with Gasteiger partial charge in [0.2, 0.25) is 5.95 Å². The first-order valence-corrected chi connectivity index (χ1v) is 14.2. The van der Waals surface area contributed by atoms with Gasteiger partial charge in [-0.25, -0.2) is 9.97 Å². The molecule has 38 heavy (non-hydrogen) atoms. The number of rotatable bonds is 6. The van der Waals surface area contributed by atoms with Crippen molar-refractivity contribution in [3.8, 4) is 10.6 Å². The Morgan fingerprint density at radius 3 is 2.55 bits per heavy atom. The summed E-state index contributed by atoms with van der Waals surface area (Å²) in [5.74, 6) is 0.824. The third-order valence-corrected chi connectivity index (χ3v) is 8.45. The van der Waals surface area contributed by atoms with Crippen LogP contribution in [0.4, 0.5) is 5.95 Å². The molecule has 1 amide bonds. The van der Waals surface area contributed by atoms with Crippen molar-refractivity contribution in [3.05, 3.63) is 65.2 Å². The maximum Gasteiger partial charge on any atom is 0.264 e. The van der Waals surface area contributed by atoms with Crippen LogP contribution in [-0.2, 0) is 11.2 Å². The molecule has 1 atom stereocenters. The Morgan fingerprint density at radius 2 is 1.82 bits per heavy atom. The van der Waals surface area contributed by atoms with Gasteiger partial charge in [0.25, 0.3) is 5.91 Å². The monoisotopic (exact) mass is 531 g/mol. The third-order valence-electron chi connectivity index (χ3n) is 7.36. The van der Waals surface area contributed by atoms with Gasteiger partial charge >= 0.3 is 0 Å². The zero-order valence-corrected chi connectivity index (χ0v) is 23.5. The standard InChI is InChI=1S/C30H37N5O2S/c1-29(2)18-21(19-30(3,4)34-29)32-28-31-14-12-24(33-28)25-10-11-26(38-25)27(37)35-15-13-23(36)17-22(35)16-20-8-6-5-7-9-20/h5-12,14,21-22,34H,13,15-19H2,1-4H3,(H,31,32,33). The molecule has 5 rings (SSSR count). The molecular weight excluding hydrogens is 494 g/mol. The Bertz CT molecular complexity index is 1290. The molecule has 0 saturated carbocycles. The quantitative estimate of drug-likeness (QED) is 0.446. The summed E-state index contributed by atoms with van der Waals surface area (Å²) in [4.78, 5) is 38.6. The first kappa shape index (κ1) is 26.5. The second-order valence-electron chi connectivity index (χ2n) is 11.9. The third kappa shape index (κ3) is 6.30. The molecule has 2 aliphatic rings. The number of piperidine rings is 2. The zero-order chi connectivity index (χ0) is 26.9. The Balaban J connectivity index is 1.30. The number of amides is 1. The summed E-state index contributed by atoms with van der Waals surface area (Å²) in [6.45, 7) is 9.38. The summed E-state index contributed by atoms with van der Waals surface area (Å²) in [5, 5.41) is 7.26. The summed E-state index contributed by atoms with van der Waals surface area (Å²) in [6, 6.07) is 15.9. The van der Waals surface area contributed by atoms with Crippen molar-refractivity contribution in [3.63, 3.8) is 0 Å². The lowest BCUT2D eigenvalue weighted by molar-refractivity contribution is -0.122. The van der Waals surface area contributed by atoms with Gasteiger partial charge in [-0.15, -0.1) is 11.3 Å². The number of ketones is 1. The average Bonchev–Trinajstić information content (AvgIpc) is 3.33. The van der Waals surface area contributed by atoms with E-state index in [0.29, 0.717) is 36.6 Å². The summed E-state index contributed by atoms with van der Waals surface area (Å²) < 4.78 is 0. The van der Waals surface area contributed by atoms with Gasteiger partial charge in [-0.3, -0.25) is 9.59 Å². The fourth-order valence-electron chi connectivity index (χ4n) is 6.14. The van der Waals surface area contributed by atoms with Gasteiger partial charge in [-0.05, 0) is 70.7 Å². The van der Waals surface area contributed by atoms with E-state index >= 15 is 0 Å². The number of carbonyl (C=O) groups excluding carboxylic acids is 2. The Morgan fingerprint density at radius 1 is 1.08 bits per heavy atom. The lowest BCUT2D eigenvalue weighted by Crippen LogP contribution is -2.60. The highest BCUT2D eigenvalue weighted by molar-refractivity contribution is 7.17. The van der Waals surface area contributed by atoms with Crippen LogP contribution in [0.3, 0.4) is 0 Å². The smallest absolute Gasteiger partial charge is 0.264 e. The number of Topliss-reactive ketones (excluding diaryl/α,β-unsaturated/α-hetero) is 1. The number of nitrogens with one attached hydrogen (secondary N) is 2. The van der Waals surface area contributed by atoms with E-state index in [1.54, 1.807) is 6.20 Å². The first-order valence-electron chi connectivity index (χ1n) is 13.4. The second-order valence-corrected chi connectivity index (χ2v) is 13.0. The number of carbonyl (C=O) groups is 2. The molecule has 2 aliphatic heterocycles. The fraction of sp³-hybridized carbons (Fsp3) is 0.467. The van der Waals surface area contributed by atoms with Crippen molar-refractivity contribution in [2.75, 3.05) is 11.9 Å². The number of hydrogen-bond acceptors (Lipinski definition) is 7. The van der Waals surface area contributed by atoms with Crippen LogP contribution in [0.1, 0.15) is 68.6 Å². The minimum Gasteiger partial charge on any atom is -0.351 e. The second kappa shape index (κ2) is 10.6. The van der Waals surface area contributed by atoms with Crippen LogP contribution in [0.15, 0.2) is 54.7 Å². The normalized spacial score (nSPS) is 21.3. The predicted octanol–water partition coefficient (Wildman–Crippen LogP) is 5.34. The molecule has 8 heteroatoms. The first-order chi connectivity index (χ1) is 18.1. The van der Waals surface area contributed by atoms with E-state index in [1.165, 1.54) is 11.3 Å². The van der Waals surface area contributed by atoms with E-state index in [2.05, 4.69) is 55.4 Å². The van der Waals surface area contributed by atoms with E-state index in [0.717, 1.165) is 29.0 Å². The molecule has 0 bridgehead atoms. The average molecular weight is 532 g/mol. The number of nitrogens with zero attached hydrogens (tertiary/aromatic N) is 3. The molecular formula is C30H37N5O2S. The summed E-state index contributed by atoms with van der Waals surface area (Å²) >= 11 is 1.45. The van der Waals surface area contributed by atoms with Crippen LogP contribution in [0.5, 0.6) is 0 Å². The van der Waals surface area contributed by atoms with Crippen molar-refractivity contribution >= 4 is 29.0 Å². The van der Waals surface area contributed by atoms with Crippen LogP contribution < -0.4 is 10.6 Å². The van der Waals surface area contributed by atoms with Gasteiger partial charge in [0.1, 0.15) is 5.78 Å². The molecule has 1 unspecified atom stereocenters. The minimum atomic E-state index is -0.120. The van der Waals surface area contributed by atoms with E-state index < -0.39 is 0 Å². The van der Waals surface area contributed by atoms with Crippen molar-refractivity contribution < 1.29 is 9.59 Å². The molecule has 200 valence electrons. The molecule has 2 N–H and O–H groups in total. The summed E-state index contributed by atoms with van der Waals surface area (Å²) in [7, 11) is 0. The molecule has 3 aromatic rings. The summed E-state index contributed by atoms with van der Waals surface area (Å²) in [5.41, 5.74) is 1.99. The Labute approximate surface area is 229 Å². The molecule has 0 aliphatic carbocycles. The van der Waals surface area contributed by atoms with Crippen molar-refractivity contribution in [2.45, 2.75) is 83.0 Å². The topological polar surface area (TPSA) is 87.2 Å². The van der Waals surface area contributed by atoms with Crippen molar-refractivity contribution in [2.24, 2.45) is 0 Å². The van der Waals surface area contributed by atoms with Crippen LogP contribution >= 0.6 is 11.3 Å². The maximum absolute atomic E-state index is 13.6. The van der Waals surface area contributed by atoms with Crippen LogP contribution in [0.2, 0.25) is 0 Å². The lowest BCUT2D eigenvalue weighted by atomic mass is 9.80.